The van der Waals surface area contributed by atoms with E-state index in [-0.39, 0.29) is 24.4 Å². The molecule has 0 fully saturated rings. The molecule has 4 heteroatoms. The number of carbonyl (C=O) groups is 1. The first-order valence-corrected chi connectivity index (χ1v) is 5.77. The third kappa shape index (κ3) is 3.45. The zero-order valence-electron chi connectivity index (χ0n) is 10.1. The summed E-state index contributed by atoms with van der Waals surface area (Å²) in [5.74, 6) is 0.216. The van der Waals surface area contributed by atoms with E-state index >= 15 is 0 Å². The largest absolute Gasteiger partial charge is 0.334 e. The zero-order valence-corrected chi connectivity index (χ0v) is 10.9. The van der Waals surface area contributed by atoms with Crippen molar-refractivity contribution < 1.29 is 4.79 Å². The second kappa shape index (κ2) is 6.03. The van der Waals surface area contributed by atoms with Gasteiger partial charge in [0.05, 0.1) is 0 Å². The van der Waals surface area contributed by atoms with Gasteiger partial charge in [-0.1, -0.05) is 24.3 Å². The minimum absolute atomic E-state index is 0. The molecule has 2 rings (SSSR count). The number of hydrogen-bond acceptors (Lipinski definition) is 2. The molecular formula is C13H19ClN2O. The van der Waals surface area contributed by atoms with E-state index in [1.165, 1.54) is 11.1 Å². The fourth-order valence-electron chi connectivity index (χ4n) is 2.02. The summed E-state index contributed by atoms with van der Waals surface area (Å²) in [6, 6.07) is 8.33. The van der Waals surface area contributed by atoms with Crippen molar-refractivity contribution >= 4 is 18.3 Å². The Bertz CT molecular complexity index is 368. The van der Waals surface area contributed by atoms with Gasteiger partial charge in [0.25, 0.3) is 0 Å². The normalized spacial score (nSPS) is 15.1. The van der Waals surface area contributed by atoms with E-state index in [0.717, 1.165) is 19.5 Å². The number of benzene rings is 1. The smallest absolute Gasteiger partial charge is 0.223 e. The van der Waals surface area contributed by atoms with Crippen LogP contribution in [0.5, 0.6) is 0 Å². The van der Waals surface area contributed by atoms with Crippen LogP contribution in [-0.4, -0.2) is 16.8 Å². The summed E-state index contributed by atoms with van der Waals surface area (Å²) in [6.45, 7) is 3.45. The summed E-state index contributed by atoms with van der Waals surface area (Å²) >= 11 is 0. The fourth-order valence-corrected chi connectivity index (χ4v) is 2.02. The lowest BCUT2D eigenvalue weighted by Crippen LogP contribution is -2.27. The van der Waals surface area contributed by atoms with Crippen LogP contribution < -0.4 is 5.73 Å². The van der Waals surface area contributed by atoms with Crippen molar-refractivity contribution in [1.82, 2.24) is 4.90 Å². The van der Waals surface area contributed by atoms with E-state index in [9.17, 15) is 4.79 Å². The molecule has 1 aliphatic heterocycles. The predicted octanol–water partition coefficient (Wildman–Crippen LogP) is 2.08. The lowest BCUT2D eigenvalue weighted by molar-refractivity contribution is -0.132. The molecule has 1 amide bonds. The van der Waals surface area contributed by atoms with E-state index in [0.29, 0.717) is 6.42 Å². The summed E-state index contributed by atoms with van der Waals surface area (Å²) in [4.78, 5) is 13.8. The maximum Gasteiger partial charge on any atom is 0.223 e. The number of carbonyl (C=O) groups excluding carboxylic acids is 1. The number of nitrogens with zero attached hydrogens (tertiary/aromatic N) is 1. The van der Waals surface area contributed by atoms with Crippen molar-refractivity contribution in [2.45, 2.75) is 38.9 Å². The van der Waals surface area contributed by atoms with Gasteiger partial charge in [0.1, 0.15) is 0 Å². The molecule has 2 N–H and O–H groups in total. The Morgan fingerprint density at radius 1 is 1.35 bits per heavy atom. The van der Waals surface area contributed by atoms with Gasteiger partial charge in [-0.15, -0.1) is 12.4 Å². The molecule has 0 saturated carbocycles. The number of rotatable bonds is 3. The van der Waals surface area contributed by atoms with Gasteiger partial charge >= 0.3 is 0 Å². The summed E-state index contributed by atoms with van der Waals surface area (Å²) in [7, 11) is 0. The van der Waals surface area contributed by atoms with Crippen LogP contribution in [-0.2, 0) is 17.9 Å². The van der Waals surface area contributed by atoms with Crippen molar-refractivity contribution in [2.75, 3.05) is 0 Å². The van der Waals surface area contributed by atoms with E-state index in [2.05, 4.69) is 12.1 Å². The molecule has 1 atom stereocenters. The number of amides is 1. The lowest BCUT2D eigenvalue weighted by atomic mass is 10.1. The molecule has 17 heavy (non-hydrogen) atoms. The van der Waals surface area contributed by atoms with Gasteiger partial charge in [0.15, 0.2) is 0 Å². The quantitative estimate of drug-likeness (QED) is 0.898. The molecule has 3 nitrogen and oxygen atoms in total. The van der Waals surface area contributed by atoms with Crippen molar-refractivity contribution in [3.8, 4) is 0 Å². The average molecular weight is 255 g/mol. The van der Waals surface area contributed by atoms with Crippen molar-refractivity contribution in [1.29, 1.82) is 0 Å². The second-order valence-corrected chi connectivity index (χ2v) is 4.53. The summed E-state index contributed by atoms with van der Waals surface area (Å²) in [5.41, 5.74) is 8.20. The molecule has 0 spiro atoms. The van der Waals surface area contributed by atoms with Gasteiger partial charge in [0, 0.05) is 25.6 Å². The SMILES string of the molecule is CC(N)CCC(=O)N1Cc2ccccc2C1.Cl. The third-order valence-corrected chi connectivity index (χ3v) is 3.01. The number of fused-ring (bicyclic) bond motifs is 1. The zero-order chi connectivity index (χ0) is 11.5. The first-order chi connectivity index (χ1) is 7.66. The van der Waals surface area contributed by atoms with E-state index in [1.54, 1.807) is 0 Å². The Labute approximate surface area is 108 Å². The van der Waals surface area contributed by atoms with E-state index < -0.39 is 0 Å². The summed E-state index contributed by atoms with van der Waals surface area (Å²) in [6.07, 6.45) is 1.33. The van der Waals surface area contributed by atoms with Crippen molar-refractivity contribution in [2.24, 2.45) is 5.73 Å². The Hall–Kier alpha value is -1.06. The predicted molar refractivity (Wildman–Crippen MR) is 70.8 cm³/mol. The molecular weight excluding hydrogens is 236 g/mol. The van der Waals surface area contributed by atoms with Gasteiger partial charge in [-0.25, -0.2) is 0 Å². The van der Waals surface area contributed by atoms with Gasteiger partial charge < -0.3 is 10.6 Å². The van der Waals surface area contributed by atoms with E-state index in [4.69, 9.17) is 5.73 Å². The summed E-state index contributed by atoms with van der Waals surface area (Å²) in [5, 5.41) is 0. The summed E-state index contributed by atoms with van der Waals surface area (Å²) < 4.78 is 0. The highest BCUT2D eigenvalue weighted by Crippen LogP contribution is 2.22. The Kier molecular flexibility index (Phi) is 4.97. The van der Waals surface area contributed by atoms with Gasteiger partial charge in [-0.3, -0.25) is 4.79 Å². The van der Waals surface area contributed by atoms with Crippen LogP contribution in [0.2, 0.25) is 0 Å². The van der Waals surface area contributed by atoms with Crippen LogP contribution >= 0.6 is 12.4 Å². The first-order valence-electron chi connectivity index (χ1n) is 5.77. The standard InChI is InChI=1S/C13H18N2O.ClH/c1-10(14)6-7-13(16)15-8-11-4-2-3-5-12(11)9-15;/h2-5,10H,6-9,14H2,1H3;1H. The van der Waals surface area contributed by atoms with Gasteiger partial charge in [-0.2, -0.15) is 0 Å². The van der Waals surface area contributed by atoms with Crippen LogP contribution in [0.3, 0.4) is 0 Å². The average Bonchev–Trinajstić information content (AvgIpc) is 2.69. The minimum Gasteiger partial charge on any atom is -0.334 e. The molecule has 1 aromatic carbocycles. The van der Waals surface area contributed by atoms with Gasteiger partial charge in [-0.05, 0) is 24.5 Å². The monoisotopic (exact) mass is 254 g/mol. The van der Waals surface area contributed by atoms with Crippen LogP contribution in [0.4, 0.5) is 0 Å². The van der Waals surface area contributed by atoms with Crippen molar-refractivity contribution in [3.63, 3.8) is 0 Å². The number of hydrogen-bond donors (Lipinski definition) is 1. The molecule has 1 heterocycles. The third-order valence-electron chi connectivity index (χ3n) is 3.01. The molecule has 0 bridgehead atoms. The minimum atomic E-state index is 0. The molecule has 0 radical (unpaired) electrons. The fraction of sp³-hybridized carbons (Fsp3) is 0.462. The Balaban J connectivity index is 0.00000144. The Morgan fingerprint density at radius 2 is 1.88 bits per heavy atom. The molecule has 1 aliphatic rings. The van der Waals surface area contributed by atoms with Crippen LogP contribution in [0.1, 0.15) is 30.9 Å². The Morgan fingerprint density at radius 3 is 2.35 bits per heavy atom. The molecule has 0 aromatic heterocycles. The molecule has 0 aliphatic carbocycles. The molecule has 1 unspecified atom stereocenters. The molecule has 0 saturated heterocycles. The molecule has 1 aromatic rings. The van der Waals surface area contributed by atoms with Gasteiger partial charge in [0.2, 0.25) is 5.91 Å². The topological polar surface area (TPSA) is 46.3 Å². The van der Waals surface area contributed by atoms with E-state index in [1.807, 2.05) is 24.0 Å². The number of nitrogens with two attached hydrogens (primary N) is 1. The van der Waals surface area contributed by atoms with Crippen molar-refractivity contribution in [3.05, 3.63) is 35.4 Å². The maximum atomic E-state index is 11.9. The lowest BCUT2D eigenvalue weighted by Gasteiger charge is -2.15. The van der Waals surface area contributed by atoms with Crippen LogP contribution in [0, 0.1) is 0 Å². The number of halogens is 1. The molecule has 94 valence electrons. The first kappa shape index (κ1) is 14.0. The highest BCUT2D eigenvalue weighted by Gasteiger charge is 2.22. The second-order valence-electron chi connectivity index (χ2n) is 4.53. The highest BCUT2D eigenvalue weighted by atomic mass is 35.5. The highest BCUT2D eigenvalue weighted by molar-refractivity contribution is 5.85. The maximum absolute atomic E-state index is 11.9. The van der Waals surface area contributed by atoms with Crippen LogP contribution in [0.25, 0.3) is 0 Å². The van der Waals surface area contributed by atoms with Crippen LogP contribution in [0.15, 0.2) is 24.3 Å².